The molecule has 0 aliphatic carbocycles. The molecular formula is C8H5Cl3N2. The van der Waals surface area contributed by atoms with Crippen molar-refractivity contribution in [1.82, 2.24) is 4.98 Å². The van der Waals surface area contributed by atoms with E-state index in [-0.39, 0.29) is 10.8 Å². The first-order valence-electron chi connectivity index (χ1n) is 3.55. The molecule has 1 heterocycles. The number of aromatic nitrogens is 1. The van der Waals surface area contributed by atoms with Crippen molar-refractivity contribution in [3.05, 3.63) is 26.5 Å². The van der Waals surface area contributed by atoms with Crippen LogP contribution < -0.4 is 0 Å². The summed E-state index contributed by atoms with van der Waals surface area (Å²) in [6.07, 6.45) is 0.620. The van der Waals surface area contributed by atoms with Gasteiger partial charge in [0, 0.05) is 0 Å². The van der Waals surface area contributed by atoms with Gasteiger partial charge in [0.1, 0.15) is 11.2 Å². The Hall–Kier alpha value is -0.490. The molecule has 0 aromatic carbocycles. The van der Waals surface area contributed by atoms with E-state index in [1.54, 1.807) is 0 Å². The fourth-order valence-electron chi connectivity index (χ4n) is 0.945. The van der Waals surface area contributed by atoms with Gasteiger partial charge in [-0.1, -0.05) is 41.7 Å². The molecule has 0 aliphatic rings. The summed E-state index contributed by atoms with van der Waals surface area (Å²) >= 11 is 17.4. The number of hydrogen-bond acceptors (Lipinski definition) is 2. The predicted octanol–water partition coefficient (Wildman–Crippen LogP) is 3.48. The molecule has 68 valence electrons. The molecule has 0 radical (unpaired) electrons. The molecule has 2 nitrogen and oxygen atoms in total. The van der Waals surface area contributed by atoms with E-state index in [1.807, 2.05) is 13.0 Å². The van der Waals surface area contributed by atoms with Crippen LogP contribution in [-0.2, 0) is 6.42 Å². The van der Waals surface area contributed by atoms with Gasteiger partial charge in [0.15, 0.2) is 5.69 Å². The molecule has 13 heavy (non-hydrogen) atoms. The molecule has 0 atom stereocenters. The summed E-state index contributed by atoms with van der Waals surface area (Å²) in [4.78, 5) is 3.74. The van der Waals surface area contributed by atoms with Crippen molar-refractivity contribution in [2.75, 3.05) is 0 Å². The third kappa shape index (κ3) is 1.88. The lowest BCUT2D eigenvalue weighted by Gasteiger charge is -2.05. The first-order chi connectivity index (χ1) is 6.11. The van der Waals surface area contributed by atoms with Crippen LogP contribution in [0.2, 0.25) is 15.2 Å². The van der Waals surface area contributed by atoms with Gasteiger partial charge in [0.25, 0.3) is 0 Å². The summed E-state index contributed by atoms with van der Waals surface area (Å²) in [6, 6.07) is 1.85. The van der Waals surface area contributed by atoms with Crippen LogP contribution in [0.25, 0.3) is 0 Å². The van der Waals surface area contributed by atoms with Crippen LogP contribution in [0.4, 0.5) is 0 Å². The van der Waals surface area contributed by atoms with Crippen LogP contribution in [0, 0.1) is 11.3 Å². The summed E-state index contributed by atoms with van der Waals surface area (Å²) in [7, 11) is 0. The molecule has 0 bridgehead atoms. The van der Waals surface area contributed by atoms with Gasteiger partial charge in [-0.25, -0.2) is 4.98 Å². The Kier molecular flexibility index (Phi) is 3.38. The second-order valence-electron chi connectivity index (χ2n) is 2.32. The van der Waals surface area contributed by atoms with E-state index >= 15 is 0 Å². The molecule has 0 unspecified atom stereocenters. The van der Waals surface area contributed by atoms with E-state index in [0.29, 0.717) is 22.0 Å². The van der Waals surface area contributed by atoms with E-state index in [2.05, 4.69) is 4.98 Å². The van der Waals surface area contributed by atoms with Crippen molar-refractivity contribution in [2.45, 2.75) is 13.3 Å². The third-order valence-electron chi connectivity index (χ3n) is 1.59. The van der Waals surface area contributed by atoms with Crippen LogP contribution in [0.3, 0.4) is 0 Å². The summed E-state index contributed by atoms with van der Waals surface area (Å²) < 4.78 is 0. The lowest BCUT2D eigenvalue weighted by atomic mass is 10.2. The fourth-order valence-corrected chi connectivity index (χ4v) is 1.77. The second kappa shape index (κ2) is 4.15. The number of nitrogens with zero attached hydrogens (tertiary/aromatic N) is 2. The average Bonchev–Trinajstić information content (AvgIpc) is 2.12. The Bertz CT molecular complexity index is 382. The minimum atomic E-state index is 0.118. The van der Waals surface area contributed by atoms with Crippen LogP contribution in [0.1, 0.15) is 18.2 Å². The Balaban J connectivity index is 3.50. The number of rotatable bonds is 1. The van der Waals surface area contributed by atoms with Crippen LogP contribution in [0.15, 0.2) is 0 Å². The average molecular weight is 236 g/mol. The first-order valence-corrected chi connectivity index (χ1v) is 4.68. The molecule has 1 aromatic heterocycles. The zero-order chi connectivity index (χ0) is 10.0. The Morgan fingerprint density at radius 2 is 1.92 bits per heavy atom. The van der Waals surface area contributed by atoms with Crippen molar-refractivity contribution in [1.29, 1.82) is 5.26 Å². The van der Waals surface area contributed by atoms with E-state index in [4.69, 9.17) is 40.1 Å². The van der Waals surface area contributed by atoms with E-state index in [0.717, 1.165) is 0 Å². The lowest BCUT2D eigenvalue weighted by molar-refractivity contribution is 1.11. The van der Waals surface area contributed by atoms with E-state index in [9.17, 15) is 0 Å². The van der Waals surface area contributed by atoms with Gasteiger partial charge >= 0.3 is 0 Å². The van der Waals surface area contributed by atoms with Gasteiger partial charge in [-0.2, -0.15) is 5.26 Å². The van der Waals surface area contributed by atoms with Gasteiger partial charge in [0.2, 0.25) is 0 Å². The van der Waals surface area contributed by atoms with Crippen molar-refractivity contribution < 1.29 is 0 Å². The quantitative estimate of drug-likeness (QED) is 0.699. The SMILES string of the molecule is CCc1c(Cl)c(Cl)nc(C#N)c1Cl. The second-order valence-corrected chi connectivity index (χ2v) is 3.44. The lowest BCUT2D eigenvalue weighted by Crippen LogP contribution is -1.94. The maximum absolute atomic E-state index is 8.66. The van der Waals surface area contributed by atoms with Gasteiger partial charge in [-0.3, -0.25) is 0 Å². The van der Waals surface area contributed by atoms with Gasteiger partial charge < -0.3 is 0 Å². The molecule has 1 aromatic rings. The van der Waals surface area contributed by atoms with Crippen molar-refractivity contribution >= 4 is 34.8 Å². The van der Waals surface area contributed by atoms with Crippen molar-refractivity contribution in [3.63, 3.8) is 0 Å². The van der Waals surface area contributed by atoms with Crippen molar-refractivity contribution in [3.8, 4) is 6.07 Å². The Labute approximate surface area is 91.0 Å². The maximum Gasteiger partial charge on any atom is 0.161 e. The molecule has 0 spiro atoms. The zero-order valence-electron chi connectivity index (χ0n) is 6.74. The topological polar surface area (TPSA) is 36.7 Å². The monoisotopic (exact) mass is 234 g/mol. The third-order valence-corrected chi connectivity index (χ3v) is 2.77. The largest absolute Gasteiger partial charge is 0.222 e. The predicted molar refractivity (Wildman–Crippen MR) is 53.4 cm³/mol. The maximum atomic E-state index is 8.66. The molecular weight excluding hydrogens is 230 g/mol. The number of pyridine rings is 1. The molecule has 1 rings (SSSR count). The van der Waals surface area contributed by atoms with E-state index in [1.165, 1.54) is 0 Å². The normalized spacial score (nSPS) is 9.77. The van der Waals surface area contributed by atoms with Crippen LogP contribution in [-0.4, -0.2) is 4.98 Å². The first kappa shape index (κ1) is 10.6. The number of nitriles is 1. The number of halogens is 3. The molecule has 0 N–H and O–H groups in total. The fraction of sp³-hybridized carbons (Fsp3) is 0.250. The standard InChI is InChI=1S/C8H5Cl3N2/c1-2-4-6(9)5(3-12)13-8(11)7(4)10/h2H2,1H3. The Morgan fingerprint density at radius 3 is 2.38 bits per heavy atom. The van der Waals surface area contributed by atoms with Gasteiger partial charge in [-0.15, -0.1) is 0 Å². The zero-order valence-corrected chi connectivity index (χ0v) is 9.00. The highest BCUT2D eigenvalue weighted by atomic mass is 35.5. The molecule has 0 fully saturated rings. The highest BCUT2D eigenvalue weighted by molar-refractivity contribution is 6.43. The minimum Gasteiger partial charge on any atom is -0.222 e. The minimum absolute atomic E-state index is 0.118. The van der Waals surface area contributed by atoms with Gasteiger partial charge in [0.05, 0.1) is 10.0 Å². The highest BCUT2D eigenvalue weighted by Crippen LogP contribution is 2.31. The van der Waals surface area contributed by atoms with Gasteiger partial charge in [-0.05, 0) is 12.0 Å². The molecule has 0 saturated carbocycles. The summed E-state index contributed by atoms with van der Waals surface area (Å²) in [5.41, 5.74) is 0.785. The van der Waals surface area contributed by atoms with Crippen LogP contribution in [0.5, 0.6) is 0 Å². The van der Waals surface area contributed by atoms with Crippen LogP contribution >= 0.6 is 34.8 Å². The Morgan fingerprint density at radius 1 is 1.31 bits per heavy atom. The number of hydrogen-bond donors (Lipinski definition) is 0. The molecule has 5 heteroatoms. The summed E-state index contributed by atoms with van der Waals surface area (Å²) in [5, 5.41) is 9.40. The van der Waals surface area contributed by atoms with Crippen molar-refractivity contribution in [2.24, 2.45) is 0 Å². The molecule has 0 aliphatic heterocycles. The molecule has 0 saturated heterocycles. The molecule has 0 amide bonds. The summed E-state index contributed by atoms with van der Waals surface area (Å²) in [6.45, 7) is 1.88. The summed E-state index contributed by atoms with van der Waals surface area (Å²) in [5.74, 6) is 0. The highest BCUT2D eigenvalue weighted by Gasteiger charge is 2.14. The van der Waals surface area contributed by atoms with E-state index < -0.39 is 0 Å². The smallest absolute Gasteiger partial charge is 0.161 e.